The number of hydrogen-bond acceptors (Lipinski definition) is 4. The van der Waals surface area contributed by atoms with Crippen molar-refractivity contribution in [1.29, 1.82) is 0 Å². The molecule has 1 aliphatic rings. The predicted octanol–water partition coefficient (Wildman–Crippen LogP) is 3.40. The van der Waals surface area contributed by atoms with E-state index in [1.807, 2.05) is 30.3 Å². The van der Waals surface area contributed by atoms with Gasteiger partial charge in [-0.05, 0) is 30.0 Å². The van der Waals surface area contributed by atoms with Gasteiger partial charge in [-0.15, -0.1) is 0 Å². The molecule has 0 saturated heterocycles. The first-order valence-electron chi connectivity index (χ1n) is 8.05. The summed E-state index contributed by atoms with van der Waals surface area (Å²) in [7, 11) is 1.67. The average Bonchev–Trinajstić information content (AvgIpc) is 3.11. The van der Waals surface area contributed by atoms with Crippen molar-refractivity contribution in [2.45, 2.75) is 38.2 Å². The minimum atomic E-state index is -0.769. The topological polar surface area (TPSA) is 61.2 Å². The van der Waals surface area contributed by atoms with Crippen LogP contribution in [0.1, 0.15) is 53.5 Å². The van der Waals surface area contributed by atoms with Crippen LogP contribution in [-0.4, -0.2) is 14.8 Å². The molecule has 1 heterocycles. The van der Waals surface area contributed by atoms with E-state index in [1.54, 1.807) is 7.05 Å². The zero-order chi connectivity index (χ0) is 17.1. The molecule has 0 N–H and O–H groups in total. The molecule has 5 nitrogen and oxygen atoms in total. The molecule has 0 amide bonds. The van der Waals surface area contributed by atoms with Crippen LogP contribution in [0, 0.1) is 0 Å². The molecule has 0 bridgehead atoms. The highest BCUT2D eigenvalue weighted by atomic mass is 35.5. The van der Waals surface area contributed by atoms with Crippen LogP contribution in [0.15, 0.2) is 35.1 Å². The Labute approximate surface area is 145 Å². The molecule has 0 atom stereocenters. The molecule has 0 spiro atoms. The van der Waals surface area contributed by atoms with Gasteiger partial charge in [0, 0.05) is 13.0 Å². The van der Waals surface area contributed by atoms with Gasteiger partial charge in [0.2, 0.25) is 5.75 Å². The molecule has 3 rings (SSSR count). The number of carbonyl (C=O) groups excluding carboxylic acids is 1. The molecule has 0 aliphatic heterocycles. The minimum absolute atomic E-state index is 0.0805. The van der Waals surface area contributed by atoms with Crippen LogP contribution in [0.3, 0.4) is 0 Å². The molecule has 1 fully saturated rings. The van der Waals surface area contributed by atoms with E-state index in [0.29, 0.717) is 5.82 Å². The Morgan fingerprint density at radius 3 is 2.58 bits per heavy atom. The molecule has 1 aliphatic carbocycles. The van der Waals surface area contributed by atoms with Crippen LogP contribution >= 0.6 is 11.6 Å². The molecule has 126 valence electrons. The van der Waals surface area contributed by atoms with Crippen LogP contribution in [0.5, 0.6) is 5.75 Å². The summed E-state index contributed by atoms with van der Waals surface area (Å²) in [4.78, 5) is 28.8. The van der Waals surface area contributed by atoms with Crippen LogP contribution in [0.2, 0.25) is 0 Å². The second-order valence-corrected chi connectivity index (χ2v) is 6.38. The number of hydrogen-bond donors (Lipinski definition) is 0. The number of halogens is 1. The van der Waals surface area contributed by atoms with Gasteiger partial charge in [-0.25, -0.2) is 4.98 Å². The molecule has 0 unspecified atom stereocenters. The quantitative estimate of drug-likeness (QED) is 0.778. The van der Waals surface area contributed by atoms with Crippen molar-refractivity contribution in [3.63, 3.8) is 0 Å². The van der Waals surface area contributed by atoms with Crippen LogP contribution in [-0.2, 0) is 13.7 Å². The Balaban J connectivity index is 1.97. The number of benzene rings is 1. The first-order valence-corrected chi connectivity index (χ1v) is 8.43. The summed E-state index contributed by atoms with van der Waals surface area (Å²) >= 11 is 5.66. The van der Waals surface area contributed by atoms with E-state index in [1.165, 1.54) is 4.57 Å². The number of carbonyl (C=O) groups is 1. The molecular weight excluding hydrogens is 328 g/mol. The molecule has 2 aromatic rings. The third-order valence-corrected chi connectivity index (χ3v) is 4.60. The molecular formula is C18H19ClN2O3. The van der Waals surface area contributed by atoms with Gasteiger partial charge in [0.15, 0.2) is 5.69 Å². The van der Waals surface area contributed by atoms with E-state index in [9.17, 15) is 9.59 Å². The number of nitrogens with zero attached hydrogens (tertiary/aromatic N) is 2. The summed E-state index contributed by atoms with van der Waals surface area (Å²) in [6.07, 6.45) is 4.16. The van der Waals surface area contributed by atoms with E-state index < -0.39 is 5.24 Å². The van der Waals surface area contributed by atoms with Gasteiger partial charge < -0.3 is 4.74 Å². The summed E-state index contributed by atoms with van der Waals surface area (Å²) in [6.45, 7) is 0.178. The monoisotopic (exact) mass is 346 g/mol. The Kier molecular flexibility index (Phi) is 5.00. The maximum Gasteiger partial charge on any atom is 0.296 e. The molecule has 24 heavy (non-hydrogen) atoms. The second kappa shape index (κ2) is 7.18. The van der Waals surface area contributed by atoms with Gasteiger partial charge >= 0.3 is 0 Å². The molecule has 6 heteroatoms. The minimum Gasteiger partial charge on any atom is -0.481 e. The zero-order valence-electron chi connectivity index (χ0n) is 13.5. The third kappa shape index (κ3) is 3.36. The molecule has 1 saturated carbocycles. The van der Waals surface area contributed by atoms with Gasteiger partial charge in [0.05, 0.1) is 0 Å². The molecule has 0 radical (unpaired) electrons. The van der Waals surface area contributed by atoms with Crippen molar-refractivity contribution in [2.24, 2.45) is 7.05 Å². The largest absolute Gasteiger partial charge is 0.481 e. The fraction of sp³-hybridized carbons (Fsp3) is 0.389. The van der Waals surface area contributed by atoms with Gasteiger partial charge in [0.1, 0.15) is 12.4 Å². The van der Waals surface area contributed by atoms with E-state index in [2.05, 4.69) is 4.98 Å². The lowest BCUT2D eigenvalue weighted by Crippen LogP contribution is -2.28. The van der Waals surface area contributed by atoms with Crippen molar-refractivity contribution in [3.8, 4) is 5.75 Å². The Bertz CT molecular complexity index is 796. The van der Waals surface area contributed by atoms with Crippen molar-refractivity contribution in [1.82, 2.24) is 9.55 Å². The van der Waals surface area contributed by atoms with E-state index >= 15 is 0 Å². The number of rotatable bonds is 5. The van der Waals surface area contributed by atoms with E-state index in [4.69, 9.17) is 16.3 Å². The zero-order valence-corrected chi connectivity index (χ0v) is 14.3. The number of ether oxygens (including phenoxy) is 1. The summed E-state index contributed by atoms with van der Waals surface area (Å²) < 4.78 is 7.10. The van der Waals surface area contributed by atoms with Crippen molar-refractivity contribution in [3.05, 3.63) is 57.8 Å². The van der Waals surface area contributed by atoms with Crippen molar-refractivity contribution in [2.75, 3.05) is 0 Å². The normalized spacial score (nSPS) is 14.8. The maximum absolute atomic E-state index is 12.7. The fourth-order valence-electron chi connectivity index (χ4n) is 3.14. The summed E-state index contributed by atoms with van der Waals surface area (Å²) in [5.74, 6) is 0.734. The predicted molar refractivity (Wildman–Crippen MR) is 91.6 cm³/mol. The Morgan fingerprint density at radius 2 is 1.96 bits per heavy atom. The summed E-state index contributed by atoms with van der Waals surface area (Å²) in [5.41, 5.74) is 0.442. The summed E-state index contributed by atoms with van der Waals surface area (Å²) in [5, 5.41) is -0.769. The fourth-order valence-corrected chi connectivity index (χ4v) is 3.27. The SMILES string of the molecule is Cn1c(C2CCCC2)nc(C(=O)Cl)c(OCc2ccccc2)c1=O. The molecule has 1 aromatic carbocycles. The Hall–Kier alpha value is -2.14. The lowest BCUT2D eigenvalue weighted by atomic mass is 10.1. The first kappa shape index (κ1) is 16.7. The standard InChI is InChI=1S/C18H19ClN2O3/c1-21-17(13-9-5-6-10-13)20-14(16(19)22)15(18(21)23)24-11-12-7-3-2-4-8-12/h2-4,7-8,13H,5-6,9-11H2,1H3. The third-order valence-electron chi connectivity index (χ3n) is 4.42. The number of aromatic nitrogens is 2. The lowest BCUT2D eigenvalue weighted by molar-refractivity contribution is 0.107. The first-order chi connectivity index (χ1) is 11.6. The second-order valence-electron chi connectivity index (χ2n) is 6.04. The molecule has 1 aromatic heterocycles. The van der Waals surface area contributed by atoms with Gasteiger partial charge in [-0.3, -0.25) is 14.2 Å². The highest BCUT2D eigenvalue weighted by Gasteiger charge is 2.26. The Morgan fingerprint density at radius 1 is 1.29 bits per heavy atom. The highest BCUT2D eigenvalue weighted by Crippen LogP contribution is 2.33. The van der Waals surface area contributed by atoms with Gasteiger partial charge in [0.25, 0.3) is 10.8 Å². The van der Waals surface area contributed by atoms with Crippen LogP contribution in [0.4, 0.5) is 0 Å². The smallest absolute Gasteiger partial charge is 0.296 e. The average molecular weight is 347 g/mol. The summed E-state index contributed by atoms with van der Waals surface area (Å²) in [6, 6.07) is 9.42. The maximum atomic E-state index is 12.7. The lowest BCUT2D eigenvalue weighted by Gasteiger charge is -2.16. The van der Waals surface area contributed by atoms with Crippen molar-refractivity contribution >= 4 is 16.8 Å². The van der Waals surface area contributed by atoms with Gasteiger partial charge in [-0.2, -0.15) is 0 Å². The highest BCUT2D eigenvalue weighted by molar-refractivity contribution is 6.67. The van der Waals surface area contributed by atoms with Crippen LogP contribution < -0.4 is 10.3 Å². The van der Waals surface area contributed by atoms with Crippen LogP contribution in [0.25, 0.3) is 0 Å². The van der Waals surface area contributed by atoms with E-state index in [0.717, 1.165) is 31.2 Å². The van der Waals surface area contributed by atoms with Crippen molar-refractivity contribution < 1.29 is 9.53 Å². The van der Waals surface area contributed by atoms with E-state index in [-0.39, 0.29) is 29.5 Å². The van der Waals surface area contributed by atoms with Gasteiger partial charge in [-0.1, -0.05) is 43.2 Å².